The van der Waals surface area contributed by atoms with E-state index in [4.69, 9.17) is 5.73 Å². The highest BCUT2D eigenvalue weighted by molar-refractivity contribution is 5.92. The highest BCUT2D eigenvalue weighted by Crippen LogP contribution is 1.96. The van der Waals surface area contributed by atoms with Gasteiger partial charge in [-0.2, -0.15) is 0 Å². The van der Waals surface area contributed by atoms with E-state index >= 15 is 0 Å². The van der Waals surface area contributed by atoms with Crippen LogP contribution >= 0.6 is 0 Å². The van der Waals surface area contributed by atoms with E-state index in [1.165, 1.54) is 6.33 Å². The van der Waals surface area contributed by atoms with E-state index in [2.05, 4.69) is 21.8 Å². The summed E-state index contributed by atoms with van der Waals surface area (Å²) >= 11 is 0. The van der Waals surface area contributed by atoms with Gasteiger partial charge in [0.2, 0.25) is 0 Å². The lowest BCUT2D eigenvalue weighted by molar-refractivity contribution is -0.112. The molecule has 1 aromatic heterocycles. The van der Waals surface area contributed by atoms with Crippen molar-refractivity contribution in [3.05, 3.63) is 23.8 Å². The fraction of sp³-hybridized carbons (Fsp3) is 0.222. The molecule has 0 fully saturated rings. The van der Waals surface area contributed by atoms with Crippen LogP contribution in [-0.2, 0) is 11.2 Å². The normalized spacial score (nSPS) is 8.69. The molecule has 0 aliphatic heterocycles. The predicted molar refractivity (Wildman–Crippen MR) is 47.5 cm³/mol. The molecule has 0 atom stereocenters. The number of aromatic nitrogens is 2. The number of aryl methyl sites for hydroxylation is 1. The Labute approximate surface area is 76.2 Å². The number of carbonyl (C=O) groups excluding carboxylic acids is 1. The van der Waals surface area contributed by atoms with E-state index in [1.54, 1.807) is 6.07 Å². The summed E-state index contributed by atoms with van der Waals surface area (Å²) in [5.41, 5.74) is 6.27. The minimum absolute atomic E-state index is 0.519. The standard InChI is InChI=1S/C9H9N3O/c1-2-7-5-8(12-6-11-7)3-4-9(10)13/h5-6H,2H2,1H3,(H2,10,13). The van der Waals surface area contributed by atoms with Gasteiger partial charge in [-0.05, 0) is 18.4 Å². The van der Waals surface area contributed by atoms with Crippen molar-refractivity contribution in [3.8, 4) is 11.8 Å². The molecule has 2 N–H and O–H groups in total. The van der Waals surface area contributed by atoms with Crippen LogP contribution in [0, 0.1) is 11.8 Å². The van der Waals surface area contributed by atoms with Gasteiger partial charge in [0.1, 0.15) is 12.0 Å². The Morgan fingerprint density at radius 3 is 3.00 bits per heavy atom. The quantitative estimate of drug-likeness (QED) is 0.605. The summed E-state index contributed by atoms with van der Waals surface area (Å²) in [4.78, 5) is 18.2. The summed E-state index contributed by atoms with van der Waals surface area (Å²) in [6.07, 6.45) is 2.23. The largest absolute Gasteiger partial charge is 0.359 e. The topological polar surface area (TPSA) is 68.9 Å². The summed E-state index contributed by atoms with van der Waals surface area (Å²) in [6.45, 7) is 1.98. The maximum atomic E-state index is 10.3. The summed E-state index contributed by atoms with van der Waals surface area (Å²) < 4.78 is 0. The van der Waals surface area contributed by atoms with Gasteiger partial charge in [-0.3, -0.25) is 4.79 Å². The van der Waals surface area contributed by atoms with Crippen LogP contribution in [0.25, 0.3) is 0 Å². The second-order valence-corrected chi connectivity index (χ2v) is 2.36. The van der Waals surface area contributed by atoms with Crippen LogP contribution < -0.4 is 5.73 Å². The van der Waals surface area contributed by atoms with Gasteiger partial charge >= 0.3 is 0 Å². The molecule has 0 aromatic carbocycles. The zero-order chi connectivity index (χ0) is 9.68. The maximum Gasteiger partial charge on any atom is 0.293 e. The van der Waals surface area contributed by atoms with E-state index in [-0.39, 0.29) is 0 Å². The molecule has 0 bridgehead atoms. The van der Waals surface area contributed by atoms with Crippen LogP contribution in [0.15, 0.2) is 12.4 Å². The zero-order valence-electron chi connectivity index (χ0n) is 7.24. The number of nitrogens with zero attached hydrogens (tertiary/aromatic N) is 2. The molecular formula is C9H9N3O. The lowest BCUT2D eigenvalue weighted by Crippen LogP contribution is -2.06. The van der Waals surface area contributed by atoms with Gasteiger partial charge < -0.3 is 5.73 Å². The molecule has 0 radical (unpaired) electrons. The smallest absolute Gasteiger partial charge is 0.293 e. The number of hydrogen-bond donors (Lipinski definition) is 1. The Morgan fingerprint density at radius 2 is 2.38 bits per heavy atom. The monoisotopic (exact) mass is 175 g/mol. The summed E-state index contributed by atoms with van der Waals surface area (Å²) in [6, 6.07) is 1.73. The van der Waals surface area contributed by atoms with Crippen LogP contribution in [0.2, 0.25) is 0 Å². The first-order valence-electron chi connectivity index (χ1n) is 3.84. The van der Waals surface area contributed by atoms with Crippen molar-refractivity contribution in [2.45, 2.75) is 13.3 Å². The van der Waals surface area contributed by atoms with Crippen molar-refractivity contribution in [1.82, 2.24) is 9.97 Å². The van der Waals surface area contributed by atoms with Gasteiger partial charge in [0, 0.05) is 11.6 Å². The van der Waals surface area contributed by atoms with Gasteiger partial charge in [-0.15, -0.1) is 0 Å². The Balaban J connectivity index is 2.91. The average molecular weight is 175 g/mol. The Hall–Kier alpha value is -1.89. The number of carbonyl (C=O) groups is 1. The highest BCUT2D eigenvalue weighted by Gasteiger charge is 1.92. The third-order valence-electron chi connectivity index (χ3n) is 1.40. The van der Waals surface area contributed by atoms with Crippen molar-refractivity contribution in [2.24, 2.45) is 5.73 Å². The molecule has 13 heavy (non-hydrogen) atoms. The fourth-order valence-corrected chi connectivity index (χ4v) is 0.785. The van der Waals surface area contributed by atoms with Crippen molar-refractivity contribution in [3.63, 3.8) is 0 Å². The second-order valence-electron chi connectivity index (χ2n) is 2.36. The van der Waals surface area contributed by atoms with Crippen molar-refractivity contribution in [1.29, 1.82) is 0 Å². The van der Waals surface area contributed by atoms with Crippen LogP contribution in [0.3, 0.4) is 0 Å². The minimum atomic E-state index is -0.656. The number of rotatable bonds is 1. The van der Waals surface area contributed by atoms with E-state index < -0.39 is 5.91 Å². The summed E-state index contributed by atoms with van der Waals surface area (Å²) in [5.74, 6) is 4.10. The summed E-state index contributed by atoms with van der Waals surface area (Å²) in [5, 5.41) is 0. The maximum absolute atomic E-state index is 10.3. The lowest BCUT2D eigenvalue weighted by atomic mass is 10.3. The van der Waals surface area contributed by atoms with E-state index in [0.717, 1.165) is 12.1 Å². The van der Waals surface area contributed by atoms with E-state index in [1.807, 2.05) is 6.92 Å². The van der Waals surface area contributed by atoms with Gasteiger partial charge in [-0.25, -0.2) is 9.97 Å². The molecule has 66 valence electrons. The summed E-state index contributed by atoms with van der Waals surface area (Å²) in [7, 11) is 0. The molecule has 0 saturated heterocycles. The fourth-order valence-electron chi connectivity index (χ4n) is 0.785. The Bertz CT molecular complexity index is 376. The molecule has 1 amide bonds. The first kappa shape index (κ1) is 9.20. The average Bonchev–Trinajstić information content (AvgIpc) is 2.15. The predicted octanol–water partition coefficient (Wildman–Crippen LogP) is -0.124. The van der Waals surface area contributed by atoms with Crippen LogP contribution in [-0.4, -0.2) is 15.9 Å². The highest BCUT2D eigenvalue weighted by atomic mass is 16.1. The number of hydrogen-bond acceptors (Lipinski definition) is 3. The van der Waals surface area contributed by atoms with E-state index in [9.17, 15) is 4.79 Å². The molecule has 1 aromatic rings. The zero-order valence-corrected chi connectivity index (χ0v) is 7.24. The molecule has 1 heterocycles. The minimum Gasteiger partial charge on any atom is -0.359 e. The third-order valence-corrected chi connectivity index (χ3v) is 1.40. The molecule has 0 aliphatic rings. The molecular weight excluding hydrogens is 166 g/mol. The molecule has 0 unspecified atom stereocenters. The first-order valence-corrected chi connectivity index (χ1v) is 3.84. The van der Waals surface area contributed by atoms with Crippen LogP contribution in [0.4, 0.5) is 0 Å². The molecule has 4 nitrogen and oxygen atoms in total. The lowest BCUT2D eigenvalue weighted by Gasteiger charge is -1.93. The Morgan fingerprint density at radius 1 is 1.62 bits per heavy atom. The number of amides is 1. The number of nitrogens with two attached hydrogens (primary N) is 1. The van der Waals surface area contributed by atoms with Crippen molar-refractivity contribution in [2.75, 3.05) is 0 Å². The van der Waals surface area contributed by atoms with Crippen LogP contribution in [0.1, 0.15) is 18.3 Å². The Kier molecular flexibility index (Phi) is 2.98. The van der Waals surface area contributed by atoms with Crippen molar-refractivity contribution < 1.29 is 4.79 Å². The molecule has 0 spiro atoms. The SMILES string of the molecule is CCc1cc(C#CC(N)=O)ncn1. The van der Waals surface area contributed by atoms with Gasteiger partial charge in [0.15, 0.2) is 0 Å². The third kappa shape index (κ3) is 2.91. The van der Waals surface area contributed by atoms with Gasteiger partial charge in [-0.1, -0.05) is 6.92 Å². The molecule has 1 rings (SSSR count). The molecule has 4 heteroatoms. The van der Waals surface area contributed by atoms with E-state index in [0.29, 0.717) is 5.69 Å². The van der Waals surface area contributed by atoms with Gasteiger partial charge in [0.25, 0.3) is 5.91 Å². The molecule has 0 saturated carbocycles. The van der Waals surface area contributed by atoms with Crippen molar-refractivity contribution >= 4 is 5.91 Å². The van der Waals surface area contributed by atoms with Crippen LogP contribution in [0.5, 0.6) is 0 Å². The number of primary amides is 1. The second kappa shape index (κ2) is 4.21. The molecule has 0 aliphatic carbocycles. The van der Waals surface area contributed by atoms with Gasteiger partial charge in [0.05, 0.1) is 0 Å². The first-order chi connectivity index (χ1) is 6.22.